The van der Waals surface area contributed by atoms with Crippen LogP contribution in [0.2, 0.25) is 5.02 Å². The number of hydrogen-bond donors (Lipinski definition) is 1. The molecule has 1 N–H and O–H groups in total. The molecular formula is C26H19ClF3N3O6S. The van der Waals surface area contributed by atoms with Crippen LogP contribution in [0.5, 0.6) is 5.75 Å². The average molecular weight is 594 g/mol. The van der Waals surface area contributed by atoms with Crippen LogP contribution in [0, 0.1) is 0 Å². The zero-order valence-electron chi connectivity index (χ0n) is 20.3. The van der Waals surface area contributed by atoms with Gasteiger partial charge in [-0.15, -0.1) is 0 Å². The summed E-state index contributed by atoms with van der Waals surface area (Å²) in [4.78, 5) is 14.9. The van der Waals surface area contributed by atoms with E-state index in [4.69, 9.17) is 26.0 Å². The fourth-order valence-corrected chi connectivity index (χ4v) is 5.92. The number of alkyl halides is 3. The average Bonchev–Trinajstić information content (AvgIpc) is 3.41. The van der Waals surface area contributed by atoms with E-state index in [2.05, 4.69) is 10.1 Å². The highest BCUT2D eigenvalue weighted by atomic mass is 35.5. The van der Waals surface area contributed by atoms with E-state index < -0.39 is 38.7 Å². The lowest BCUT2D eigenvalue weighted by atomic mass is 10.1. The van der Waals surface area contributed by atoms with Crippen LogP contribution in [-0.2, 0) is 21.0 Å². The Labute approximate surface area is 230 Å². The van der Waals surface area contributed by atoms with Gasteiger partial charge >= 0.3 is 12.1 Å². The van der Waals surface area contributed by atoms with Gasteiger partial charge in [0.15, 0.2) is 0 Å². The van der Waals surface area contributed by atoms with Gasteiger partial charge in [0.05, 0.1) is 33.3 Å². The molecule has 1 aliphatic heterocycles. The Morgan fingerprint density at radius 1 is 1.10 bits per heavy atom. The summed E-state index contributed by atoms with van der Waals surface area (Å²) in [5.74, 6) is -0.793. The Hall–Kier alpha value is -4.10. The van der Waals surface area contributed by atoms with Gasteiger partial charge in [0.1, 0.15) is 11.9 Å². The maximum atomic E-state index is 13.7. The summed E-state index contributed by atoms with van der Waals surface area (Å²) in [5.41, 5.74) is -0.292. The predicted octanol–water partition coefficient (Wildman–Crippen LogP) is 5.90. The number of benzene rings is 3. The molecule has 208 valence electrons. The number of anilines is 1. The minimum absolute atomic E-state index is 0.0191. The largest absolute Gasteiger partial charge is 0.486 e. The standard InChI is InChI=1S/C26H19ClF3N3O6S/c27-20-7-2-1-6-19(20)25-31-24(32-39-25)15-8-10-22-21(12-15)33(14-17(38-22)9-11-23(34)35)40(36,37)18-5-3-4-16(13-18)26(28,29)30/h1-8,10,12-13,17H,9,11,14H2,(H,34,35)/t17-/m1/s1. The van der Waals surface area contributed by atoms with E-state index in [1.807, 2.05) is 0 Å². The summed E-state index contributed by atoms with van der Waals surface area (Å²) in [5, 5.41) is 13.4. The highest BCUT2D eigenvalue weighted by Crippen LogP contribution is 2.41. The van der Waals surface area contributed by atoms with E-state index in [1.165, 1.54) is 12.1 Å². The first kappa shape index (κ1) is 27.5. The molecule has 0 saturated carbocycles. The second-order valence-corrected chi connectivity index (χ2v) is 11.1. The van der Waals surface area contributed by atoms with Crippen molar-refractivity contribution in [1.29, 1.82) is 0 Å². The number of aliphatic carboxylic acids is 1. The van der Waals surface area contributed by atoms with E-state index in [-0.39, 0.29) is 42.5 Å². The maximum Gasteiger partial charge on any atom is 0.416 e. The van der Waals surface area contributed by atoms with Crippen molar-refractivity contribution in [2.24, 2.45) is 0 Å². The van der Waals surface area contributed by atoms with Crippen molar-refractivity contribution in [2.75, 3.05) is 10.8 Å². The van der Waals surface area contributed by atoms with E-state index in [0.717, 1.165) is 22.5 Å². The predicted molar refractivity (Wildman–Crippen MR) is 137 cm³/mol. The van der Waals surface area contributed by atoms with E-state index in [9.17, 15) is 26.4 Å². The number of hydrogen-bond acceptors (Lipinski definition) is 7. The van der Waals surface area contributed by atoms with Gasteiger partial charge < -0.3 is 14.4 Å². The van der Waals surface area contributed by atoms with Gasteiger partial charge in [-0.1, -0.05) is 35.0 Å². The normalized spacial score (nSPS) is 15.4. The number of rotatable bonds is 7. The molecule has 1 atom stereocenters. The van der Waals surface area contributed by atoms with Gasteiger partial charge in [-0.05, 0) is 55.0 Å². The summed E-state index contributed by atoms with van der Waals surface area (Å²) < 4.78 is 79.6. The van der Waals surface area contributed by atoms with E-state index >= 15 is 0 Å². The van der Waals surface area contributed by atoms with Crippen molar-refractivity contribution >= 4 is 33.3 Å². The number of carbonyl (C=O) groups is 1. The molecule has 9 nitrogen and oxygen atoms in total. The van der Waals surface area contributed by atoms with E-state index in [1.54, 1.807) is 30.3 Å². The fourth-order valence-electron chi connectivity index (χ4n) is 4.16. The van der Waals surface area contributed by atoms with Gasteiger partial charge in [-0.25, -0.2) is 8.42 Å². The molecule has 5 rings (SSSR count). The van der Waals surface area contributed by atoms with Crippen LogP contribution in [0.25, 0.3) is 22.8 Å². The zero-order valence-corrected chi connectivity index (χ0v) is 21.9. The Morgan fingerprint density at radius 3 is 2.60 bits per heavy atom. The molecular weight excluding hydrogens is 575 g/mol. The van der Waals surface area contributed by atoms with E-state index in [0.29, 0.717) is 22.2 Å². The monoisotopic (exact) mass is 593 g/mol. The van der Waals surface area contributed by atoms with Crippen molar-refractivity contribution in [3.8, 4) is 28.6 Å². The molecule has 1 aromatic heterocycles. The summed E-state index contributed by atoms with van der Waals surface area (Å²) >= 11 is 6.21. The number of carboxylic acids is 1. The number of carboxylic acid groups (broad SMARTS) is 1. The molecule has 0 fully saturated rings. The van der Waals surface area contributed by atoms with Gasteiger partial charge in [-0.2, -0.15) is 18.2 Å². The highest BCUT2D eigenvalue weighted by molar-refractivity contribution is 7.92. The molecule has 40 heavy (non-hydrogen) atoms. The Bertz CT molecular complexity index is 1690. The fraction of sp³-hybridized carbons (Fsp3) is 0.192. The van der Waals surface area contributed by atoms with Crippen molar-refractivity contribution in [3.63, 3.8) is 0 Å². The summed E-state index contributed by atoms with van der Waals surface area (Å²) in [6, 6.07) is 14.6. The van der Waals surface area contributed by atoms with Crippen LogP contribution >= 0.6 is 11.6 Å². The molecule has 0 bridgehead atoms. The first-order valence-corrected chi connectivity index (χ1v) is 13.6. The van der Waals surface area contributed by atoms with Crippen LogP contribution in [0.4, 0.5) is 18.9 Å². The van der Waals surface area contributed by atoms with Crippen LogP contribution in [0.1, 0.15) is 18.4 Å². The smallest absolute Gasteiger partial charge is 0.416 e. The number of sulfonamides is 1. The molecule has 0 spiro atoms. The van der Waals surface area contributed by atoms with Crippen molar-refractivity contribution in [2.45, 2.75) is 30.0 Å². The van der Waals surface area contributed by atoms with Gasteiger partial charge in [0.2, 0.25) is 5.82 Å². The first-order valence-electron chi connectivity index (χ1n) is 11.7. The molecule has 2 heterocycles. The third-order valence-corrected chi connectivity index (χ3v) is 8.21. The quantitative estimate of drug-likeness (QED) is 0.281. The second-order valence-electron chi connectivity index (χ2n) is 8.82. The Morgan fingerprint density at radius 2 is 1.88 bits per heavy atom. The van der Waals surface area contributed by atoms with Crippen molar-refractivity contribution in [1.82, 2.24) is 10.1 Å². The van der Waals surface area contributed by atoms with Crippen molar-refractivity contribution in [3.05, 3.63) is 77.3 Å². The van der Waals surface area contributed by atoms with Crippen LogP contribution in [0.15, 0.2) is 76.1 Å². The topological polar surface area (TPSA) is 123 Å². The van der Waals surface area contributed by atoms with Gasteiger partial charge in [0, 0.05) is 12.0 Å². The third kappa shape index (κ3) is 5.47. The van der Waals surface area contributed by atoms with Crippen LogP contribution in [0.3, 0.4) is 0 Å². The van der Waals surface area contributed by atoms with Crippen LogP contribution in [-0.4, -0.2) is 42.3 Å². The lowest BCUT2D eigenvalue weighted by molar-refractivity contribution is -0.138. The van der Waals surface area contributed by atoms with Gasteiger partial charge in [-0.3, -0.25) is 9.10 Å². The number of fused-ring (bicyclic) bond motifs is 1. The summed E-state index contributed by atoms with van der Waals surface area (Å²) in [7, 11) is -4.55. The molecule has 3 aromatic carbocycles. The molecule has 0 unspecified atom stereocenters. The van der Waals surface area contributed by atoms with Gasteiger partial charge in [0.25, 0.3) is 15.9 Å². The minimum Gasteiger partial charge on any atom is -0.486 e. The molecule has 0 amide bonds. The molecule has 0 saturated heterocycles. The molecule has 0 radical (unpaired) electrons. The SMILES string of the molecule is O=C(O)CC[C@@H]1CN(S(=O)(=O)c2cccc(C(F)(F)F)c2)c2cc(-c3noc(-c4ccccc4Cl)n3)ccc2O1. The Balaban J connectivity index is 1.57. The maximum absolute atomic E-state index is 13.7. The summed E-state index contributed by atoms with van der Waals surface area (Å²) in [6.45, 7) is -0.334. The number of ether oxygens (including phenoxy) is 1. The first-order chi connectivity index (χ1) is 18.9. The highest BCUT2D eigenvalue weighted by Gasteiger charge is 2.37. The van der Waals surface area contributed by atoms with Crippen LogP contribution < -0.4 is 9.04 Å². The zero-order chi connectivity index (χ0) is 28.7. The molecule has 1 aliphatic rings. The lowest BCUT2D eigenvalue weighted by Gasteiger charge is -2.35. The minimum atomic E-state index is -4.76. The van der Waals surface area contributed by atoms with Crippen molar-refractivity contribution < 1.29 is 40.8 Å². The molecule has 0 aliphatic carbocycles. The molecule has 14 heteroatoms. The number of halogens is 4. The third-order valence-electron chi connectivity index (χ3n) is 6.11. The molecule has 4 aromatic rings. The number of aromatic nitrogens is 2. The number of nitrogens with zero attached hydrogens (tertiary/aromatic N) is 3. The second kappa shape index (κ2) is 10.5. The Kier molecular flexibility index (Phi) is 7.19. The lowest BCUT2D eigenvalue weighted by Crippen LogP contribution is -2.43. The summed E-state index contributed by atoms with van der Waals surface area (Å²) in [6.07, 6.45) is -5.96.